The maximum Gasteiger partial charge on any atom is 0.270 e. The number of benzene rings is 3. The van der Waals surface area contributed by atoms with Gasteiger partial charge in [0.05, 0.1) is 15.7 Å². The fraction of sp³-hybridized carbons (Fsp3) is 0.0417. The fourth-order valence-electron chi connectivity index (χ4n) is 3.21. The zero-order chi connectivity index (χ0) is 24.4. The van der Waals surface area contributed by atoms with Gasteiger partial charge in [-0.3, -0.25) is 14.9 Å². The first-order valence-electron chi connectivity index (χ1n) is 9.77. The summed E-state index contributed by atoms with van der Waals surface area (Å²) < 4.78 is 21.0. The Bertz CT molecular complexity index is 1330. The van der Waals surface area contributed by atoms with E-state index in [1.54, 1.807) is 6.07 Å². The molecule has 2 amide bonds. The quantitative estimate of drug-likeness (QED) is 0.219. The largest absolute Gasteiger partial charge is 0.486 e. The molecule has 0 aliphatic carbocycles. The fourth-order valence-corrected chi connectivity index (χ4v) is 4.36. The lowest BCUT2D eigenvalue weighted by molar-refractivity contribution is -0.122. The average molecular weight is 580 g/mol. The smallest absolute Gasteiger partial charge is 0.270 e. The summed E-state index contributed by atoms with van der Waals surface area (Å²) in [6.07, 6.45) is 1.31. The molecule has 0 aromatic heterocycles. The van der Waals surface area contributed by atoms with Crippen molar-refractivity contribution in [2.45, 2.75) is 6.61 Å². The van der Waals surface area contributed by atoms with Gasteiger partial charge in [-0.1, -0.05) is 63.4 Å². The molecule has 10 heteroatoms. The Hall–Kier alpha value is -2.78. The number of thiocarbonyl (C=S) groups is 1. The van der Waals surface area contributed by atoms with Crippen molar-refractivity contribution in [3.63, 3.8) is 0 Å². The van der Waals surface area contributed by atoms with E-state index in [1.807, 2.05) is 24.3 Å². The van der Waals surface area contributed by atoms with Crippen molar-refractivity contribution < 1.29 is 18.7 Å². The number of para-hydroxylation sites is 1. The van der Waals surface area contributed by atoms with Gasteiger partial charge in [-0.25, -0.2) is 9.29 Å². The molecule has 1 fully saturated rings. The van der Waals surface area contributed by atoms with Crippen LogP contribution in [0, 0.1) is 5.82 Å². The molecule has 4 rings (SSSR count). The molecule has 3 aromatic rings. The lowest BCUT2D eigenvalue weighted by Gasteiger charge is -2.29. The van der Waals surface area contributed by atoms with E-state index in [0.717, 1.165) is 14.9 Å². The Morgan fingerprint density at radius 3 is 2.35 bits per heavy atom. The van der Waals surface area contributed by atoms with Crippen molar-refractivity contribution in [1.82, 2.24) is 5.32 Å². The lowest BCUT2D eigenvalue weighted by Crippen LogP contribution is -2.54. The summed E-state index contributed by atoms with van der Waals surface area (Å²) in [5.41, 5.74) is 0.963. The van der Waals surface area contributed by atoms with E-state index in [4.69, 9.17) is 40.2 Å². The minimum Gasteiger partial charge on any atom is -0.486 e. The number of amides is 2. The Balaban J connectivity index is 1.61. The van der Waals surface area contributed by atoms with Crippen molar-refractivity contribution in [2.24, 2.45) is 0 Å². The molecule has 1 aliphatic heterocycles. The van der Waals surface area contributed by atoms with Gasteiger partial charge in [0.25, 0.3) is 11.8 Å². The summed E-state index contributed by atoms with van der Waals surface area (Å²) in [6, 6.07) is 16.2. The summed E-state index contributed by atoms with van der Waals surface area (Å²) in [5.74, 6) is -1.89. The third-order valence-corrected chi connectivity index (χ3v) is 6.20. The van der Waals surface area contributed by atoms with Gasteiger partial charge in [-0.05, 0) is 65.8 Å². The van der Waals surface area contributed by atoms with Gasteiger partial charge in [0.15, 0.2) is 10.9 Å². The van der Waals surface area contributed by atoms with Crippen LogP contribution in [-0.4, -0.2) is 16.9 Å². The number of hydrogen-bond acceptors (Lipinski definition) is 4. The number of halogens is 4. The monoisotopic (exact) mass is 578 g/mol. The first-order valence-corrected chi connectivity index (χ1v) is 11.7. The van der Waals surface area contributed by atoms with Crippen LogP contribution in [0.25, 0.3) is 6.08 Å². The number of anilines is 1. The maximum absolute atomic E-state index is 14.3. The Labute approximate surface area is 218 Å². The Morgan fingerprint density at radius 1 is 1.06 bits per heavy atom. The van der Waals surface area contributed by atoms with Gasteiger partial charge < -0.3 is 4.74 Å². The molecule has 1 aliphatic rings. The van der Waals surface area contributed by atoms with E-state index in [-0.39, 0.29) is 38.8 Å². The molecule has 1 heterocycles. The van der Waals surface area contributed by atoms with Gasteiger partial charge in [-0.2, -0.15) is 0 Å². The highest BCUT2D eigenvalue weighted by Gasteiger charge is 2.35. The molecule has 0 atom stereocenters. The van der Waals surface area contributed by atoms with Crippen LogP contribution < -0.4 is 15.0 Å². The number of carbonyl (C=O) groups excluding carboxylic acids is 2. The van der Waals surface area contributed by atoms with E-state index in [2.05, 4.69) is 21.2 Å². The van der Waals surface area contributed by atoms with Crippen LogP contribution in [0.5, 0.6) is 5.75 Å². The minimum absolute atomic E-state index is 0.0730. The Morgan fingerprint density at radius 2 is 1.71 bits per heavy atom. The second-order valence-electron chi connectivity index (χ2n) is 7.14. The van der Waals surface area contributed by atoms with Crippen LogP contribution in [0.1, 0.15) is 11.1 Å². The highest BCUT2D eigenvalue weighted by Crippen LogP contribution is 2.36. The molecule has 1 N–H and O–H groups in total. The minimum atomic E-state index is -0.776. The topological polar surface area (TPSA) is 58.6 Å². The van der Waals surface area contributed by atoms with Gasteiger partial charge in [-0.15, -0.1) is 0 Å². The van der Waals surface area contributed by atoms with Gasteiger partial charge in [0.1, 0.15) is 18.0 Å². The molecule has 0 spiro atoms. The van der Waals surface area contributed by atoms with E-state index < -0.39 is 17.6 Å². The van der Waals surface area contributed by atoms with Crippen LogP contribution in [0.15, 0.2) is 70.7 Å². The standard InChI is InChI=1S/C24H14BrCl2FN2O3S/c25-15-7-5-13(6-8-15)12-33-21-17(26)10-14(11-18(21)27)9-16-22(31)29-24(34)30(23(16)32)20-4-2-1-3-19(20)28/h1-11H,12H2,(H,29,31,34)/b16-9+. The normalized spacial score (nSPS) is 15.0. The number of rotatable bonds is 5. The molecule has 0 radical (unpaired) electrons. The van der Waals surface area contributed by atoms with E-state index in [9.17, 15) is 14.0 Å². The third-order valence-electron chi connectivity index (χ3n) is 4.82. The number of nitrogens with zero attached hydrogens (tertiary/aromatic N) is 1. The number of ether oxygens (including phenoxy) is 1. The van der Waals surface area contributed by atoms with Crippen molar-refractivity contribution >= 4 is 80.0 Å². The second-order valence-corrected chi connectivity index (χ2v) is 9.25. The van der Waals surface area contributed by atoms with Crippen molar-refractivity contribution in [3.8, 4) is 5.75 Å². The molecule has 0 unspecified atom stereocenters. The zero-order valence-electron chi connectivity index (χ0n) is 17.2. The maximum atomic E-state index is 14.3. The summed E-state index contributed by atoms with van der Waals surface area (Å²) in [7, 11) is 0. The van der Waals surface area contributed by atoms with Crippen LogP contribution >= 0.6 is 51.3 Å². The second kappa shape index (κ2) is 10.2. The van der Waals surface area contributed by atoms with E-state index >= 15 is 0 Å². The first-order chi connectivity index (χ1) is 16.2. The molecule has 1 saturated heterocycles. The molecule has 172 valence electrons. The highest BCUT2D eigenvalue weighted by atomic mass is 79.9. The summed E-state index contributed by atoms with van der Waals surface area (Å²) >= 11 is 21.2. The zero-order valence-corrected chi connectivity index (χ0v) is 21.1. The van der Waals surface area contributed by atoms with Crippen LogP contribution in [0.4, 0.5) is 10.1 Å². The molecule has 3 aromatic carbocycles. The molecular formula is C24H14BrCl2FN2O3S. The SMILES string of the molecule is O=C1NC(=S)N(c2ccccc2F)C(=O)/C1=C/c1cc(Cl)c(OCc2ccc(Br)cc2)c(Cl)c1. The third kappa shape index (κ3) is 5.15. The van der Waals surface area contributed by atoms with Crippen LogP contribution in [0.3, 0.4) is 0 Å². The molecule has 34 heavy (non-hydrogen) atoms. The van der Waals surface area contributed by atoms with Gasteiger partial charge in [0, 0.05) is 4.47 Å². The van der Waals surface area contributed by atoms with Crippen molar-refractivity contribution in [1.29, 1.82) is 0 Å². The highest BCUT2D eigenvalue weighted by molar-refractivity contribution is 9.10. The number of nitrogens with one attached hydrogen (secondary N) is 1. The van der Waals surface area contributed by atoms with Crippen LogP contribution in [-0.2, 0) is 16.2 Å². The number of carbonyl (C=O) groups is 2. The van der Waals surface area contributed by atoms with Crippen LogP contribution in [0.2, 0.25) is 10.0 Å². The first kappa shape index (κ1) is 24.3. The molecular weight excluding hydrogens is 566 g/mol. The van der Waals surface area contributed by atoms with Gasteiger partial charge in [0.2, 0.25) is 0 Å². The number of hydrogen-bond donors (Lipinski definition) is 1. The van der Waals surface area contributed by atoms with Crippen molar-refractivity contribution in [3.05, 3.63) is 97.7 Å². The van der Waals surface area contributed by atoms with Crippen molar-refractivity contribution in [2.75, 3.05) is 4.90 Å². The summed E-state index contributed by atoms with van der Waals surface area (Å²) in [4.78, 5) is 26.5. The van der Waals surface area contributed by atoms with Gasteiger partial charge >= 0.3 is 0 Å². The molecule has 0 saturated carbocycles. The lowest BCUT2D eigenvalue weighted by atomic mass is 10.1. The average Bonchev–Trinajstić information content (AvgIpc) is 2.78. The van der Waals surface area contributed by atoms with E-state index in [1.165, 1.54) is 36.4 Å². The predicted octanol–water partition coefficient (Wildman–Crippen LogP) is 6.31. The van der Waals surface area contributed by atoms with E-state index in [0.29, 0.717) is 5.56 Å². The predicted molar refractivity (Wildman–Crippen MR) is 138 cm³/mol. The summed E-state index contributed by atoms with van der Waals surface area (Å²) in [5, 5.41) is 2.58. The summed E-state index contributed by atoms with van der Waals surface area (Å²) in [6.45, 7) is 0.239. The molecule has 5 nitrogen and oxygen atoms in total. The molecule has 0 bridgehead atoms. The Kier molecular flexibility index (Phi) is 7.33.